The lowest BCUT2D eigenvalue weighted by molar-refractivity contribution is 0.340. The molecule has 2 heteroatoms. The van der Waals surface area contributed by atoms with Gasteiger partial charge in [0.2, 0.25) is 0 Å². The summed E-state index contributed by atoms with van der Waals surface area (Å²) < 4.78 is 0. The van der Waals surface area contributed by atoms with E-state index in [1.165, 1.54) is 50.6 Å². The largest absolute Gasteiger partial charge is 0.365 e. The zero-order valence-electron chi connectivity index (χ0n) is 13.9. The third-order valence-corrected chi connectivity index (χ3v) is 5.31. The number of benzene rings is 1. The van der Waals surface area contributed by atoms with E-state index in [-0.39, 0.29) is 5.54 Å². The zero-order chi connectivity index (χ0) is 15.1. The molecule has 0 bridgehead atoms. The van der Waals surface area contributed by atoms with E-state index < -0.39 is 0 Å². The van der Waals surface area contributed by atoms with Crippen molar-refractivity contribution in [1.82, 2.24) is 0 Å². The lowest BCUT2D eigenvalue weighted by Crippen LogP contribution is -2.54. The van der Waals surface area contributed by atoms with Crippen LogP contribution in [0, 0.1) is 5.92 Å². The van der Waals surface area contributed by atoms with Crippen molar-refractivity contribution >= 4 is 5.69 Å². The van der Waals surface area contributed by atoms with Gasteiger partial charge in [-0.3, -0.25) is 0 Å². The van der Waals surface area contributed by atoms with Crippen LogP contribution >= 0.6 is 0 Å². The van der Waals surface area contributed by atoms with Gasteiger partial charge in [-0.05, 0) is 44.2 Å². The highest BCUT2D eigenvalue weighted by Gasteiger charge is 2.36. The van der Waals surface area contributed by atoms with Crippen molar-refractivity contribution in [3.05, 3.63) is 30.3 Å². The first kappa shape index (κ1) is 16.4. The molecule has 0 heterocycles. The van der Waals surface area contributed by atoms with Crippen LogP contribution in [0.25, 0.3) is 0 Å². The molecule has 2 rings (SSSR count). The molecule has 1 fully saturated rings. The Hall–Kier alpha value is -1.02. The van der Waals surface area contributed by atoms with E-state index in [1.807, 2.05) is 0 Å². The summed E-state index contributed by atoms with van der Waals surface area (Å²) in [5.41, 5.74) is 7.80. The molecule has 0 spiro atoms. The van der Waals surface area contributed by atoms with E-state index in [2.05, 4.69) is 49.1 Å². The van der Waals surface area contributed by atoms with Crippen molar-refractivity contribution < 1.29 is 0 Å². The average Bonchev–Trinajstić information content (AvgIpc) is 2.73. The molecule has 2 N–H and O–H groups in total. The minimum Gasteiger partial charge on any atom is -0.365 e. The summed E-state index contributed by atoms with van der Waals surface area (Å²) in [5, 5.41) is 0. The summed E-state index contributed by atoms with van der Waals surface area (Å²) >= 11 is 0. The fourth-order valence-corrected chi connectivity index (χ4v) is 4.14. The van der Waals surface area contributed by atoms with E-state index >= 15 is 0 Å². The third kappa shape index (κ3) is 3.79. The number of hydrogen-bond acceptors (Lipinski definition) is 2. The van der Waals surface area contributed by atoms with Crippen LogP contribution in [0.5, 0.6) is 0 Å². The minimum absolute atomic E-state index is 0.165. The van der Waals surface area contributed by atoms with Gasteiger partial charge in [0.05, 0.1) is 5.54 Å². The Morgan fingerprint density at radius 2 is 1.90 bits per heavy atom. The number of anilines is 1. The Balaban J connectivity index is 2.19. The molecule has 1 saturated carbocycles. The van der Waals surface area contributed by atoms with Gasteiger partial charge in [-0.2, -0.15) is 0 Å². The van der Waals surface area contributed by atoms with Crippen LogP contribution in [0.1, 0.15) is 58.8 Å². The molecule has 118 valence electrons. The number of hydrogen-bond donors (Lipinski definition) is 1. The number of rotatable bonds is 6. The lowest BCUT2D eigenvalue weighted by atomic mass is 9.86. The van der Waals surface area contributed by atoms with Crippen molar-refractivity contribution in [2.75, 3.05) is 18.0 Å². The van der Waals surface area contributed by atoms with Gasteiger partial charge < -0.3 is 10.6 Å². The molecule has 0 aliphatic heterocycles. The van der Waals surface area contributed by atoms with E-state index in [4.69, 9.17) is 5.73 Å². The molecule has 0 aromatic heterocycles. The fourth-order valence-electron chi connectivity index (χ4n) is 4.14. The molecule has 1 aromatic rings. The van der Waals surface area contributed by atoms with Crippen molar-refractivity contribution in [1.29, 1.82) is 0 Å². The summed E-state index contributed by atoms with van der Waals surface area (Å²) in [4.78, 5) is 2.57. The maximum atomic E-state index is 6.30. The van der Waals surface area contributed by atoms with Crippen LogP contribution in [0.4, 0.5) is 5.69 Å². The Bertz CT molecular complexity index is 403. The van der Waals surface area contributed by atoms with E-state index in [0.717, 1.165) is 19.0 Å². The van der Waals surface area contributed by atoms with Gasteiger partial charge in [-0.25, -0.2) is 0 Å². The van der Waals surface area contributed by atoms with Crippen LogP contribution in [-0.4, -0.2) is 18.6 Å². The third-order valence-electron chi connectivity index (χ3n) is 5.31. The van der Waals surface area contributed by atoms with Crippen molar-refractivity contribution in [2.45, 2.75) is 64.3 Å². The Labute approximate surface area is 130 Å². The molecule has 2 unspecified atom stereocenters. The first-order chi connectivity index (χ1) is 10.3. The number of nitrogens with two attached hydrogens (primary N) is 1. The van der Waals surface area contributed by atoms with Crippen LogP contribution in [0.3, 0.4) is 0 Å². The summed E-state index contributed by atoms with van der Waals surface area (Å²) in [5.74, 6) is 0.915. The van der Waals surface area contributed by atoms with Crippen LogP contribution in [0.15, 0.2) is 30.3 Å². The quantitative estimate of drug-likeness (QED) is 0.776. The molecule has 2 nitrogen and oxygen atoms in total. The highest BCUT2D eigenvalue weighted by atomic mass is 15.2. The normalized spacial score (nSPS) is 26.3. The van der Waals surface area contributed by atoms with Crippen LogP contribution in [0.2, 0.25) is 0 Å². The molecule has 1 aromatic carbocycles. The average molecular weight is 288 g/mol. The predicted molar refractivity (Wildman–Crippen MR) is 92.7 cm³/mol. The highest BCUT2D eigenvalue weighted by Crippen LogP contribution is 2.38. The Morgan fingerprint density at radius 1 is 1.14 bits per heavy atom. The molecular formula is C19H32N2. The first-order valence-electron chi connectivity index (χ1n) is 8.78. The standard InChI is InChI=1S/C19H32N2/c1-3-9-17-10-8-14-19(16-20,15-13-17)21(4-2)18-11-6-5-7-12-18/h5-7,11-12,17H,3-4,8-10,13-16,20H2,1-2H3. The molecule has 0 radical (unpaired) electrons. The Morgan fingerprint density at radius 3 is 2.52 bits per heavy atom. The molecular weight excluding hydrogens is 256 g/mol. The van der Waals surface area contributed by atoms with Gasteiger partial charge in [-0.15, -0.1) is 0 Å². The van der Waals surface area contributed by atoms with E-state index in [0.29, 0.717) is 0 Å². The number of likely N-dealkylation sites (N-methyl/N-ethyl adjacent to an activating group) is 1. The van der Waals surface area contributed by atoms with Crippen molar-refractivity contribution in [3.63, 3.8) is 0 Å². The minimum atomic E-state index is 0.165. The van der Waals surface area contributed by atoms with Gasteiger partial charge in [0.15, 0.2) is 0 Å². The molecule has 0 saturated heterocycles. The van der Waals surface area contributed by atoms with E-state index in [1.54, 1.807) is 0 Å². The second-order valence-corrected chi connectivity index (χ2v) is 6.59. The van der Waals surface area contributed by atoms with Gasteiger partial charge in [0, 0.05) is 18.8 Å². The second kappa shape index (κ2) is 7.84. The molecule has 0 amide bonds. The second-order valence-electron chi connectivity index (χ2n) is 6.59. The molecule has 21 heavy (non-hydrogen) atoms. The zero-order valence-corrected chi connectivity index (χ0v) is 13.9. The predicted octanol–water partition coefficient (Wildman–Crippen LogP) is 4.59. The maximum absolute atomic E-state index is 6.30. The topological polar surface area (TPSA) is 29.3 Å². The monoisotopic (exact) mass is 288 g/mol. The van der Waals surface area contributed by atoms with Gasteiger partial charge in [0.25, 0.3) is 0 Å². The highest BCUT2D eigenvalue weighted by molar-refractivity contribution is 5.49. The van der Waals surface area contributed by atoms with Crippen LogP contribution < -0.4 is 10.6 Å². The molecule has 1 aliphatic rings. The first-order valence-corrected chi connectivity index (χ1v) is 8.78. The fraction of sp³-hybridized carbons (Fsp3) is 0.684. The Kier molecular flexibility index (Phi) is 6.10. The summed E-state index contributed by atoms with van der Waals surface area (Å²) in [6.45, 7) is 6.39. The maximum Gasteiger partial charge on any atom is 0.0524 e. The molecule has 1 aliphatic carbocycles. The van der Waals surface area contributed by atoms with Crippen molar-refractivity contribution in [3.8, 4) is 0 Å². The van der Waals surface area contributed by atoms with Gasteiger partial charge >= 0.3 is 0 Å². The van der Waals surface area contributed by atoms with E-state index in [9.17, 15) is 0 Å². The van der Waals surface area contributed by atoms with Crippen LogP contribution in [-0.2, 0) is 0 Å². The number of nitrogens with zero attached hydrogens (tertiary/aromatic N) is 1. The lowest BCUT2D eigenvalue weighted by Gasteiger charge is -2.44. The number of para-hydroxylation sites is 1. The van der Waals surface area contributed by atoms with Gasteiger partial charge in [-0.1, -0.05) is 50.8 Å². The SMILES string of the molecule is CCCC1CCCC(CN)(N(CC)c2ccccc2)CC1. The smallest absolute Gasteiger partial charge is 0.0524 e. The summed E-state index contributed by atoms with van der Waals surface area (Å²) in [7, 11) is 0. The summed E-state index contributed by atoms with van der Waals surface area (Å²) in [6, 6.07) is 10.8. The van der Waals surface area contributed by atoms with Crippen molar-refractivity contribution in [2.24, 2.45) is 11.7 Å². The molecule has 2 atom stereocenters. The summed E-state index contributed by atoms with van der Waals surface area (Å²) in [6.07, 6.45) is 9.25. The van der Waals surface area contributed by atoms with Gasteiger partial charge in [0.1, 0.15) is 0 Å².